The van der Waals surface area contributed by atoms with E-state index in [1.54, 1.807) is 28.8 Å². The summed E-state index contributed by atoms with van der Waals surface area (Å²) < 4.78 is 35.4. The number of nitrogens with one attached hydrogen (secondary N) is 2. The van der Waals surface area contributed by atoms with Crippen LogP contribution in [0.2, 0.25) is 0 Å². The highest BCUT2D eigenvalue weighted by Crippen LogP contribution is 2.31. The maximum atomic E-state index is 14.7. The number of amides is 1. The lowest BCUT2D eigenvalue weighted by atomic mass is 10.0. The predicted octanol–water partition coefficient (Wildman–Crippen LogP) is 3.13. The van der Waals surface area contributed by atoms with Gasteiger partial charge in [-0.05, 0) is 42.3 Å². The molecule has 4 aromatic rings. The number of hydrogen-bond donors (Lipinski definition) is 4. The third kappa shape index (κ3) is 4.91. The number of carbonyl (C=O) groups excluding carboxylic acids is 1. The normalized spacial score (nSPS) is 11.8. The topological polar surface area (TPSA) is 144 Å². The van der Waals surface area contributed by atoms with E-state index in [1.807, 2.05) is 6.92 Å². The van der Waals surface area contributed by atoms with Crippen LogP contribution in [0.5, 0.6) is 5.75 Å². The van der Waals surface area contributed by atoms with Gasteiger partial charge in [0.25, 0.3) is 5.91 Å². The van der Waals surface area contributed by atoms with Gasteiger partial charge in [0.05, 0.1) is 19.0 Å². The molecule has 0 bridgehead atoms. The first-order valence-electron chi connectivity index (χ1n) is 11.3. The van der Waals surface area contributed by atoms with Crippen molar-refractivity contribution in [3.05, 3.63) is 71.7 Å². The Morgan fingerprint density at radius 3 is 2.65 bits per heavy atom. The van der Waals surface area contributed by atoms with Crippen molar-refractivity contribution in [3.8, 4) is 17.0 Å². The number of fused-ring (bicyclic) bond motifs is 1. The number of methoxy groups -OCH3 is 1. The lowest BCUT2D eigenvalue weighted by Gasteiger charge is -2.15. The molecule has 0 aliphatic carbocycles. The number of hydrogen-bond acceptors (Lipinski definition) is 7. The zero-order chi connectivity index (χ0) is 26.7. The molecule has 1 atom stereocenters. The Balaban J connectivity index is 1.65. The highest BCUT2D eigenvalue weighted by Gasteiger charge is 2.21. The van der Waals surface area contributed by atoms with Crippen LogP contribution in [0.4, 0.5) is 20.3 Å². The van der Waals surface area contributed by atoms with Crippen LogP contribution < -0.4 is 21.1 Å². The smallest absolute Gasteiger partial charge is 0.327 e. The fourth-order valence-corrected chi connectivity index (χ4v) is 3.87. The van der Waals surface area contributed by atoms with Gasteiger partial charge in [0.2, 0.25) is 5.82 Å². The number of anilines is 2. The van der Waals surface area contributed by atoms with Crippen molar-refractivity contribution in [2.75, 3.05) is 19.0 Å². The average molecular weight is 511 g/mol. The number of imidazole rings is 1. The highest BCUT2D eigenvalue weighted by molar-refractivity contribution is 5.98. The number of nitrogens with zero attached hydrogens (tertiary/aromatic N) is 3. The molecule has 0 spiro atoms. The van der Waals surface area contributed by atoms with Gasteiger partial charge in [-0.2, -0.15) is 4.39 Å². The van der Waals surface area contributed by atoms with Gasteiger partial charge in [0.15, 0.2) is 23.0 Å². The molecule has 0 unspecified atom stereocenters. The van der Waals surface area contributed by atoms with Crippen LogP contribution >= 0.6 is 0 Å². The first-order valence-corrected chi connectivity index (χ1v) is 11.3. The summed E-state index contributed by atoms with van der Waals surface area (Å²) in [6.45, 7) is 1.62. The summed E-state index contributed by atoms with van der Waals surface area (Å²) in [7, 11) is 1.26. The zero-order valence-electron chi connectivity index (χ0n) is 20.0. The van der Waals surface area contributed by atoms with E-state index in [9.17, 15) is 18.4 Å². The molecule has 0 saturated heterocycles. The Kier molecular flexibility index (Phi) is 7.30. The van der Waals surface area contributed by atoms with E-state index in [2.05, 4.69) is 20.6 Å². The van der Waals surface area contributed by atoms with Crippen molar-refractivity contribution >= 4 is 29.0 Å². The molecule has 0 saturated carbocycles. The zero-order valence-corrected chi connectivity index (χ0v) is 20.0. The van der Waals surface area contributed by atoms with Crippen LogP contribution in [0.25, 0.3) is 16.9 Å². The number of carboxylic acids is 1. The largest absolute Gasteiger partial charge is 0.494 e. The quantitative estimate of drug-likeness (QED) is 0.269. The van der Waals surface area contributed by atoms with Gasteiger partial charge in [-0.25, -0.2) is 19.2 Å². The average Bonchev–Trinajstić information content (AvgIpc) is 3.33. The molecule has 2 aromatic carbocycles. The standard InChI is InChI=1S/C25H24F2N6O4/c1-3-13-10-14(4-5-15(13)24(34)32-17(11-28)25(35)36)31-22-23-30-12-18(33(23)9-8-29-22)16-6-7-19(37-2)21(27)20(16)26/h4-10,12,17H,3,11,28H2,1-2H3,(H,29,31)(H,32,34)(H,35,36)/t17-/m1/s1. The first-order chi connectivity index (χ1) is 17.8. The molecule has 10 nitrogen and oxygen atoms in total. The third-order valence-electron chi connectivity index (χ3n) is 5.80. The molecule has 192 valence electrons. The van der Waals surface area contributed by atoms with Gasteiger partial charge >= 0.3 is 5.97 Å². The van der Waals surface area contributed by atoms with Crippen molar-refractivity contribution in [3.63, 3.8) is 0 Å². The van der Waals surface area contributed by atoms with E-state index < -0.39 is 29.6 Å². The molecule has 0 aliphatic heterocycles. The van der Waals surface area contributed by atoms with Gasteiger partial charge in [0.1, 0.15) is 6.04 Å². The molecular formula is C25H24F2N6O4. The van der Waals surface area contributed by atoms with Crippen molar-refractivity contribution < 1.29 is 28.2 Å². The summed E-state index contributed by atoms with van der Waals surface area (Å²) in [5, 5.41) is 14.7. The maximum Gasteiger partial charge on any atom is 0.327 e. The van der Waals surface area contributed by atoms with Crippen LogP contribution in [-0.4, -0.2) is 51.0 Å². The lowest BCUT2D eigenvalue weighted by molar-refractivity contribution is -0.138. The summed E-state index contributed by atoms with van der Waals surface area (Å²) >= 11 is 0. The number of nitrogens with two attached hydrogens (primary N) is 1. The van der Waals surface area contributed by atoms with E-state index in [1.165, 1.54) is 31.6 Å². The van der Waals surface area contributed by atoms with Crippen molar-refractivity contribution in [2.45, 2.75) is 19.4 Å². The number of aryl methyl sites for hydroxylation is 1. The third-order valence-corrected chi connectivity index (χ3v) is 5.80. The van der Waals surface area contributed by atoms with E-state index >= 15 is 0 Å². The maximum absolute atomic E-state index is 14.7. The Hall–Kier alpha value is -4.58. The number of carbonyl (C=O) groups is 2. The highest BCUT2D eigenvalue weighted by atomic mass is 19.2. The second kappa shape index (κ2) is 10.6. The van der Waals surface area contributed by atoms with Crippen LogP contribution in [0, 0.1) is 11.6 Å². The number of benzene rings is 2. The van der Waals surface area contributed by atoms with Crippen molar-refractivity contribution in [2.24, 2.45) is 5.73 Å². The SMILES string of the molecule is CCc1cc(Nc2nccn3c(-c4ccc(OC)c(F)c4F)cnc23)ccc1C(=O)N[C@H](CN)C(=O)O. The van der Waals surface area contributed by atoms with E-state index in [-0.39, 0.29) is 17.9 Å². The van der Waals surface area contributed by atoms with Gasteiger partial charge in [-0.1, -0.05) is 6.92 Å². The van der Waals surface area contributed by atoms with Gasteiger partial charge in [-0.3, -0.25) is 9.20 Å². The molecule has 5 N–H and O–H groups in total. The number of aromatic nitrogens is 3. The summed E-state index contributed by atoms with van der Waals surface area (Å²) in [4.78, 5) is 32.5. The second-order valence-electron chi connectivity index (χ2n) is 8.01. The molecule has 4 rings (SSSR count). The number of halogens is 2. The Labute approximate surface area is 210 Å². The van der Waals surface area contributed by atoms with Crippen molar-refractivity contribution in [1.29, 1.82) is 0 Å². The van der Waals surface area contributed by atoms with E-state index in [0.717, 1.165) is 0 Å². The van der Waals surface area contributed by atoms with E-state index in [4.69, 9.17) is 15.6 Å². The first kappa shape index (κ1) is 25.5. The molecular weight excluding hydrogens is 486 g/mol. The summed E-state index contributed by atoms with van der Waals surface area (Å²) in [5.74, 6) is -3.79. The Morgan fingerprint density at radius 2 is 1.97 bits per heavy atom. The van der Waals surface area contributed by atoms with Crippen LogP contribution in [0.3, 0.4) is 0 Å². The van der Waals surface area contributed by atoms with Gasteiger partial charge < -0.3 is 26.2 Å². The number of ether oxygens (including phenoxy) is 1. The van der Waals surface area contributed by atoms with Gasteiger partial charge in [0, 0.05) is 35.8 Å². The second-order valence-corrected chi connectivity index (χ2v) is 8.01. The summed E-state index contributed by atoms with van der Waals surface area (Å²) in [6, 6.07) is 6.49. The Bertz CT molecular complexity index is 1490. The molecule has 0 aliphatic rings. The van der Waals surface area contributed by atoms with Crippen LogP contribution in [0.1, 0.15) is 22.8 Å². The summed E-state index contributed by atoms with van der Waals surface area (Å²) in [5.41, 5.74) is 7.68. The molecule has 1 amide bonds. The van der Waals surface area contributed by atoms with E-state index in [0.29, 0.717) is 40.4 Å². The fourth-order valence-electron chi connectivity index (χ4n) is 3.87. The lowest BCUT2D eigenvalue weighted by Crippen LogP contribution is -2.45. The van der Waals surface area contributed by atoms with Crippen LogP contribution in [0.15, 0.2) is 48.9 Å². The minimum atomic E-state index is -1.22. The Morgan fingerprint density at radius 1 is 1.19 bits per heavy atom. The molecule has 0 radical (unpaired) electrons. The minimum Gasteiger partial charge on any atom is -0.494 e. The molecule has 0 fully saturated rings. The monoisotopic (exact) mass is 510 g/mol. The fraction of sp³-hybridized carbons (Fsp3) is 0.200. The minimum absolute atomic E-state index is 0.00345. The predicted molar refractivity (Wildman–Crippen MR) is 132 cm³/mol. The molecule has 12 heteroatoms. The molecule has 2 heterocycles. The number of aliphatic carboxylic acids is 1. The van der Waals surface area contributed by atoms with Crippen LogP contribution in [-0.2, 0) is 11.2 Å². The molecule has 2 aromatic heterocycles. The van der Waals surface area contributed by atoms with Crippen molar-refractivity contribution in [1.82, 2.24) is 19.7 Å². The van der Waals surface area contributed by atoms with Gasteiger partial charge in [-0.15, -0.1) is 0 Å². The number of rotatable bonds is 9. The summed E-state index contributed by atoms with van der Waals surface area (Å²) in [6.07, 6.45) is 4.96. The molecule has 37 heavy (non-hydrogen) atoms. The number of carboxylic acid groups (broad SMARTS) is 1.